The van der Waals surface area contributed by atoms with E-state index in [0.29, 0.717) is 13.1 Å². The maximum Gasteiger partial charge on any atom is 0.0739 e. The Balaban J connectivity index is 2.42. The second kappa shape index (κ2) is 6.17. The molecule has 1 unspecified atom stereocenters. The molecule has 1 aromatic heterocycles. The summed E-state index contributed by atoms with van der Waals surface area (Å²) in [7, 11) is 1.93. The summed E-state index contributed by atoms with van der Waals surface area (Å²) in [6, 6.07) is 0. The lowest BCUT2D eigenvalue weighted by Crippen LogP contribution is -2.30. The molecule has 0 bridgehead atoms. The van der Waals surface area contributed by atoms with Crippen LogP contribution in [0.4, 0.5) is 0 Å². The highest BCUT2D eigenvalue weighted by molar-refractivity contribution is 9.10. The molecule has 1 aromatic rings. The quantitative estimate of drug-likeness (QED) is 0.876. The molecule has 0 aromatic carbocycles. The van der Waals surface area contributed by atoms with E-state index in [-0.39, 0.29) is 11.5 Å². The van der Waals surface area contributed by atoms with Crippen molar-refractivity contribution in [1.82, 2.24) is 15.1 Å². The fourth-order valence-electron chi connectivity index (χ4n) is 2.01. The van der Waals surface area contributed by atoms with Gasteiger partial charge in [-0.05, 0) is 34.7 Å². The largest absolute Gasteiger partial charge is 0.392 e. The summed E-state index contributed by atoms with van der Waals surface area (Å²) in [4.78, 5) is 0. The monoisotopic (exact) mass is 317 g/mol. The number of halogens is 1. The zero-order valence-corrected chi connectivity index (χ0v) is 13.5. The number of hydrogen-bond donors (Lipinski definition) is 2. The van der Waals surface area contributed by atoms with Gasteiger partial charge in [0.1, 0.15) is 0 Å². The van der Waals surface area contributed by atoms with Gasteiger partial charge in [-0.25, -0.2) is 0 Å². The van der Waals surface area contributed by atoms with Gasteiger partial charge in [0.15, 0.2) is 0 Å². The van der Waals surface area contributed by atoms with E-state index in [1.807, 2.05) is 18.7 Å². The summed E-state index contributed by atoms with van der Waals surface area (Å²) >= 11 is 3.53. The number of nitrogens with zero attached hydrogens (tertiary/aromatic N) is 2. The van der Waals surface area contributed by atoms with Crippen LogP contribution in [0.15, 0.2) is 4.47 Å². The first-order valence-electron chi connectivity index (χ1n) is 6.27. The van der Waals surface area contributed by atoms with Gasteiger partial charge in [0.05, 0.1) is 22.0 Å². The van der Waals surface area contributed by atoms with Gasteiger partial charge in [0, 0.05) is 20.1 Å². The molecule has 18 heavy (non-hydrogen) atoms. The molecule has 104 valence electrons. The van der Waals surface area contributed by atoms with Crippen molar-refractivity contribution < 1.29 is 5.11 Å². The molecular formula is C13H24BrN3O. The maximum atomic E-state index is 9.91. The van der Waals surface area contributed by atoms with Crippen LogP contribution in [-0.2, 0) is 13.6 Å². The van der Waals surface area contributed by atoms with E-state index in [4.69, 9.17) is 0 Å². The topological polar surface area (TPSA) is 50.1 Å². The third kappa shape index (κ3) is 4.71. The maximum absolute atomic E-state index is 9.91. The standard InChI is InChI=1S/C13H24BrN3O/c1-9-12(14)11(17(5)16-9)8-15-7-10(18)6-13(2,3)4/h10,15,18H,6-8H2,1-5H3. The molecule has 0 aliphatic rings. The number of hydrogen-bond acceptors (Lipinski definition) is 3. The fourth-order valence-corrected chi connectivity index (χ4v) is 2.48. The Morgan fingerprint density at radius 2 is 2.06 bits per heavy atom. The van der Waals surface area contributed by atoms with Gasteiger partial charge in [0.2, 0.25) is 0 Å². The summed E-state index contributed by atoms with van der Waals surface area (Å²) in [6.07, 6.45) is 0.490. The van der Waals surface area contributed by atoms with Gasteiger partial charge in [-0.15, -0.1) is 0 Å². The number of aliphatic hydroxyl groups is 1. The molecule has 0 radical (unpaired) electrons. The highest BCUT2D eigenvalue weighted by atomic mass is 79.9. The average Bonchev–Trinajstić information content (AvgIpc) is 2.41. The van der Waals surface area contributed by atoms with E-state index in [9.17, 15) is 5.11 Å². The third-order valence-electron chi connectivity index (χ3n) is 2.78. The lowest BCUT2D eigenvalue weighted by molar-refractivity contribution is 0.119. The summed E-state index contributed by atoms with van der Waals surface area (Å²) in [5.41, 5.74) is 2.25. The van der Waals surface area contributed by atoms with E-state index in [2.05, 4.69) is 47.1 Å². The van der Waals surface area contributed by atoms with Crippen molar-refractivity contribution >= 4 is 15.9 Å². The summed E-state index contributed by atoms with van der Waals surface area (Å²) in [6.45, 7) is 9.70. The minimum atomic E-state index is -0.307. The lowest BCUT2D eigenvalue weighted by atomic mass is 9.89. The molecule has 1 rings (SSSR count). The SMILES string of the molecule is Cc1nn(C)c(CNCC(O)CC(C)(C)C)c1Br. The van der Waals surface area contributed by atoms with Gasteiger partial charge in [-0.1, -0.05) is 20.8 Å². The molecule has 0 fully saturated rings. The van der Waals surface area contributed by atoms with Crippen LogP contribution >= 0.6 is 15.9 Å². The Hall–Kier alpha value is -0.390. The molecule has 0 saturated heterocycles. The predicted molar refractivity (Wildman–Crippen MR) is 77.4 cm³/mol. The molecule has 5 heteroatoms. The van der Waals surface area contributed by atoms with Crippen LogP contribution in [0.25, 0.3) is 0 Å². The van der Waals surface area contributed by atoms with Crippen molar-refractivity contribution in [3.63, 3.8) is 0 Å². The number of nitrogens with one attached hydrogen (secondary N) is 1. The molecule has 1 atom stereocenters. The molecule has 0 aliphatic carbocycles. The second-order valence-electron chi connectivity index (χ2n) is 6.02. The minimum Gasteiger partial charge on any atom is -0.392 e. The van der Waals surface area contributed by atoms with Crippen LogP contribution in [0.5, 0.6) is 0 Å². The summed E-state index contributed by atoms with van der Waals surface area (Å²) in [5, 5.41) is 17.5. The van der Waals surface area contributed by atoms with Crippen molar-refractivity contribution in [1.29, 1.82) is 0 Å². The number of aliphatic hydroxyl groups excluding tert-OH is 1. The zero-order chi connectivity index (χ0) is 13.9. The molecule has 2 N–H and O–H groups in total. The highest BCUT2D eigenvalue weighted by Gasteiger charge is 2.17. The Bertz CT molecular complexity index is 396. The van der Waals surface area contributed by atoms with Gasteiger partial charge < -0.3 is 10.4 Å². The smallest absolute Gasteiger partial charge is 0.0739 e. The molecule has 0 amide bonds. The lowest BCUT2D eigenvalue weighted by Gasteiger charge is -2.22. The third-order valence-corrected chi connectivity index (χ3v) is 3.81. The molecule has 4 nitrogen and oxygen atoms in total. The summed E-state index contributed by atoms with van der Waals surface area (Å²) in [5.74, 6) is 0. The number of rotatable bonds is 5. The van der Waals surface area contributed by atoms with Crippen molar-refractivity contribution in [3.8, 4) is 0 Å². The van der Waals surface area contributed by atoms with Gasteiger partial charge in [-0.2, -0.15) is 5.10 Å². The van der Waals surface area contributed by atoms with E-state index in [1.165, 1.54) is 0 Å². The Morgan fingerprint density at radius 1 is 1.44 bits per heavy atom. The Morgan fingerprint density at radius 3 is 2.50 bits per heavy atom. The van der Waals surface area contributed by atoms with E-state index < -0.39 is 0 Å². The van der Waals surface area contributed by atoms with Crippen LogP contribution < -0.4 is 5.32 Å². The highest BCUT2D eigenvalue weighted by Crippen LogP contribution is 2.21. The van der Waals surface area contributed by atoms with Crippen molar-refractivity contribution in [2.24, 2.45) is 12.5 Å². The predicted octanol–water partition coefficient (Wildman–Crippen LogP) is 2.38. The minimum absolute atomic E-state index is 0.158. The molecule has 1 heterocycles. The van der Waals surface area contributed by atoms with Crippen molar-refractivity contribution in [2.75, 3.05) is 6.54 Å². The number of aryl methyl sites for hydroxylation is 2. The van der Waals surface area contributed by atoms with Gasteiger partial charge in [0.25, 0.3) is 0 Å². The van der Waals surface area contributed by atoms with Gasteiger partial charge >= 0.3 is 0 Å². The normalized spacial score (nSPS) is 13.9. The molecular weight excluding hydrogens is 294 g/mol. The first-order valence-corrected chi connectivity index (χ1v) is 7.07. The second-order valence-corrected chi connectivity index (χ2v) is 6.81. The molecule has 0 saturated carbocycles. The zero-order valence-electron chi connectivity index (χ0n) is 11.9. The van der Waals surface area contributed by atoms with Crippen LogP contribution in [-0.4, -0.2) is 27.5 Å². The van der Waals surface area contributed by atoms with Crippen molar-refractivity contribution in [2.45, 2.75) is 46.8 Å². The average molecular weight is 318 g/mol. The fraction of sp³-hybridized carbons (Fsp3) is 0.769. The van der Waals surface area contributed by atoms with Crippen LogP contribution in [0.3, 0.4) is 0 Å². The first kappa shape index (κ1) is 15.7. The first-order chi connectivity index (χ1) is 8.20. The molecule has 0 aliphatic heterocycles. The van der Waals surface area contributed by atoms with Crippen molar-refractivity contribution in [3.05, 3.63) is 15.9 Å². The van der Waals surface area contributed by atoms with Crippen LogP contribution in [0.1, 0.15) is 38.6 Å². The van der Waals surface area contributed by atoms with Crippen LogP contribution in [0, 0.1) is 12.3 Å². The number of aromatic nitrogens is 2. The Kier molecular flexibility index (Phi) is 5.37. The summed E-state index contributed by atoms with van der Waals surface area (Å²) < 4.78 is 2.91. The van der Waals surface area contributed by atoms with E-state index >= 15 is 0 Å². The van der Waals surface area contributed by atoms with Crippen LogP contribution in [0.2, 0.25) is 0 Å². The molecule has 0 spiro atoms. The van der Waals surface area contributed by atoms with Gasteiger partial charge in [-0.3, -0.25) is 4.68 Å². The van der Waals surface area contributed by atoms with E-state index in [1.54, 1.807) is 0 Å². The Labute approximate surface area is 118 Å². The van der Waals surface area contributed by atoms with E-state index in [0.717, 1.165) is 22.3 Å².